The normalized spacial score (nSPS) is 10.6. The summed E-state index contributed by atoms with van der Waals surface area (Å²) in [6, 6.07) is 11.5. The third kappa shape index (κ3) is 4.39. The summed E-state index contributed by atoms with van der Waals surface area (Å²) in [6.07, 6.45) is 0. The van der Waals surface area contributed by atoms with Crippen molar-refractivity contribution < 1.29 is 9.53 Å². The molecule has 2 aromatic rings. The molecule has 0 aliphatic heterocycles. The van der Waals surface area contributed by atoms with E-state index in [1.54, 1.807) is 18.4 Å². The Balaban J connectivity index is 2.11. The molecule has 0 fully saturated rings. The minimum Gasteiger partial charge on any atom is -0.383 e. The van der Waals surface area contributed by atoms with E-state index in [4.69, 9.17) is 10.5 Å². The number of methoxy groups -OCH3 is 1. The number of nitrogens with zero attached hydrogens (tertiary/aromatic N) is 1. The van der Waals surface area contributed by atoms with Crippen molar-refractivity contribution in [1.29, 1.82) is 0 Å². The van der Waals surface area contributed by atoms with Crippen LogP contribution in [0.4, 0.5) is 0 Å². The van der Waals surface area contributed by atoms with Crippen molar-refractivity contribution in [3.63, 3.8) is 0 Å². The molecule has 0 aliphatic carbocycles. The minimum absolute atomic E-state index is 0.0176. The van der Waals surface area contributed by atoms with Crippen LogP contribution in [0.5, 0.6) is 0 Å². The number of hydrogen-bond acceptors (Lipinski definition) is 4. The molecule has 4 nitrogen and oxygen atoms in total. The number of amides is 1. The predicted octanol–water partition coefficient (Wildman–Crippen LogP) is 2.50. The van der Waals surface area contributed by atoms with E-state index >= 15 is 0 Å². The van der Waals surface area contributed by atoms with Gasteiger partial charge in [-0.3, -0.25) is 4.79 Å². The van der Waals surface area contributed by atoms with Gasteiger partial charge in [0.25, 0.3) is 5.91 Å². The molecule has 1 aromatic carbocycles. The molecule has 2 N–H and O–H groups in total. The Kier molecular flexibility index (Phi) is 5.92. The summed E-state index contributed by atoms with van der Waals surface area (Å²) in [6.45, 7) is 2.19. The van der Waals surface area contributed by atoms with E-state index in [1.165, 1.54) is 0 Å². The highest BCUT2D eigenvalue weighted by Crippen LogP contribution is 2.15. The Bertz CT molecular complexity index is 552. The highest BCUT2D eigenvalue weighted by molar-refractivity contribution is 7.09. The van der Waals surface area contributed by atoms with E-state index in [9.17, 15) is 4.79 Å². The van der Waals surface area contributed by atoms with Crippen LogP contribution in [0.25, 0.3) is 0 Å². The highest BCUT2D eigenvalue weighted by Gasteiger charge is 2.16. The lowest BCUT2D eigenvalue weighted by molar-refractivity contribution is 0.0682. The number of benzene rings is 1. The van der Waals surface area contributed by atoms with E-state index in [0.717, 1.165) is 10.4 Å². The molecule has 112 valence electrons. The molecule has 5 heteroatoms. The largest absolute Gasteiger partial charge is 0.383 e. The first kappa shape index (κ1) is 15.7. The van der Waals surface area contributed by atoms with Crippen LogP contribution in [0.15, 0.2) is 41.8 Å². The van der Waals surface area contributed by atoms with Crippen molar-refractivity contribution in [2.75, 3.05) is 20.3 Å². The average molecular weight is 304 g/mol. The van der Waals surface area contributed by atoms with Crippen molar-refractivity contribution in [2.24, 2.45) is 5.73 Å². The molecule has 0 unspecified atom stereocenters. The number of nitrogens with two attached hydrogens (primary N) is 1. The zero-order valence-electron chi connectivity index (χ0n) is 12.1. The van der Waals surface area contributed by atoms with Gasteiger partial charge in [-0.15, -0.1) is 11.3 Å². The number of ether oxygens (including phenoxy) is 1. The zero-order chi connectivity index (χ0) is 15.1. The molecule has 0 radical (unpaired) electrons. The van der Waals surface area contributed by atoms with E-state index in [0.29, 0.717) is 31.8 Å². The molecule has 0 atom stereocenters. The van der Waals surface area contributed by atoms with Gasteiger partial charge in [0.2, 0.25) is 0 Å². The lowest BCUT2D eigenvalue weighted by atomic mass is 10.1. The quantitative estimate of drug-likeness (QED) is 0.855. The first-order valence-electron chi connectivity index (χ1n) is 6.84. The maximum atomic E-state index is 12.6. The van der Waals surface area contributed by atoms with Gasteiger partial charge in [-0.2, -0.15) is 0 Å². The Morgan fingerprint density at radius 2 is 2.05 bits per heavy atom. The van der Waals surface area contributed by atoms with E-state index in [1.807, 2.05) is 46.7 Å². The van der Waals surface area contributed by atoms with Gasteiger partial charge in [0.15, 0.2) is 0 Å². The smallest absolute Gasteiger partial charge is 0.254 e. The molecule has 21 heavy (non-hydrogen) atoms. The second-order valence-electron chi connectivity index (χ2n) is 4.70. The van der Waals surface area contributed by atoms with Gasteiger partial charge in [0.05, 0.1) is 13.2 Å². The highest BCUT2D eigenvalue weighted by atomic mass is 32.1. The second-order valence-corrected chi connectivity index (χ2v) is 5.73. The maximum absolute atomic E-state index is 12.6. The molecule has 0 saturated heterocycles. The van der Waals surface area contributed by atoms with Crippen LogP contribution in [0.2, 0.25) is 0 Å². The van der Waals surface area contributed by atoms with Crippen LogP contribution in [0, 0.1) is 0 Å². The van der Waals surface area contributed by atoms with Crippen molar-refractivity contribution in [1.82, 2.24) is 4.90 Å². The minimum atomic E-state index is 0.0176. The van der Waals surface area contributed by atoms with Crippen LogP contribution in [0.1, 0.15) is 20.8 Å². The number of hydrogen-bond donors (Lipinski definition) is 1. The molecule has 0 aliphatic rings. The Hall–Kier alpha value is -1.69. The standard InChI is InChI=1S/C16H20N2O2S/c1-20-9-8-18(12-15-3-2-10-21-15)16(19)14-6-4-13(11-17)5-7-14/h2-7,10H,8-9,11-12,17H2,1H3. The number of rotatable bonds is 7. The molecule has 1 heterocycles. The summed E-state index contributed by atoms with van der Waals surface area (Å²) in [7, 11) is 1.64. The first-order valence-corrected chi connectivity index (χ1v) is 7.72. The third-order valence-corrected chi connectivity index (χ3v) is 4.08. The van der Waals surface area contributed by atoms with Gasteiger partial charge >= 0.3 is 0 Å². The number of carbonyl (C=O) groups is 1. The van der Waals surface area contributed by atoms with Gasteiger partial charge in [-0.1, -0.05) is 18.2 Å². The summed E-state index contributed by atoms with van der Waals surface area (Å²) in [4.78, 5) is 15.6. The monoisotopic (exact) mass is 304 g/mol. The summed E-state index contributed by atoms with van der Waals surface area (Å²) < 4.78 is 5.11. The Labute approximate surface area is 129 Å². The summed E-state index contributed by atoms with van der Waals surface area (Å²) >= 11 is 1.65. The molecular formula is C16H20N2O2S. The third-order valence-electron chi connectivity index (χ3n) is 3.22. The fourth-order valence-electron chi connectivity index (χ4n) is 2.01. The predicted molar refractivity (Wildman–Crippen MR) is 85.3 cm³/mol. The first-order chi connectivity index (χ1) is 10.2. The van der Waals surface area contributed by atoms with Crippen LogP contribution in [-0.4, -0.2) is 31.1 Å². The van der Waals surface area contributed by atoms with Crippen molar-refractivity contribution in [3.05, 3.63) is 57.8 Å². The number of thiophene rings is 1. The molecule has 1 aromatic heterocycles. The average Bonchev–Trinajstić information content (AvgIpc) is 3.04. The molecular weight excluding hydrogens is 284 g/mol. The van der Waals surface area contributed by atoms with Crippen LogP contribution < -0.4 is 5.73 Å². The van der Waals surface area contributed by atoms with Gasteiger partial charge in [0.1, 0.15) is 0 Å². The topological polar surface area (TPSA) is 55.6 Å². The fourth-order valence-corrected chi connectivity index (χ4v) is 2.73. The second kappa shape index (κ2) is 7.93. The molecule has 0 spiro atoms. The van der Waals surface area contributed by atoms with Gasteiger partial charge in [-0.25, -0.2) is 0 Å². The van der Waals surface area contributed by atoms with Gasteiger partial charge in [0, 0.05) is 30.6 Å². The molecule has 1 amide bonds. The van der Waals surface area contributed by atoms with Gasteiger partial charge < -0.3 is 15.4 Å². The SMILES string of the molecule is COCCN(Cc1cccs1)C(=O)c1ccc(CN)cc1. The van der Waals surface area contributed by atoms with Crippen LogP contribution in [0.3, 0.4) is 0 Å². The zero-order valence-corrected chi connectivity index (χ0v) is 12.9. The fraction of sp³-hybridized carbons (Fsp3) is 0.312. The van der Waals surface area contributed by atoms with Crippen molar-refractivity contribution >= 4 is 17.2 Å². The lowest BCUT2D eigenvalue weighted by Crippen LogP contribution is -2.33. The maximum Gasteiger partial charge on any atom is 0.254 e. The summed E-state index contributed by atoms with van der Waals surface area (Å²) in [5, 5.41) is 2.02. The number of carbonyl (C=O) groups excluding carboxylic acids is 1. The Morgan fingerprint density at radius 1 is 1.29 bits per heavy atom. The van der Waals surface area contributed by atoms with E-state index in [-0.39, 0.29) is 5.91 Å². The van der Waals surface area contributed by atoms with Gasteiger partial charge in [-0.05, 0) is 29.1 Å². The van der Waals surface area contributed by atoms with E-state index < -0.39 is 0 Å². The molecule has 0 bridgehead atoms. The van der Waals surface area contributed by atoms with Crippen LogP contribution in [-0.2, 0) is 17.8 Å². The van der Waals surface area contributed by atoms with Crippen LogP contribution >= 0.6 is 11.3 Å². The van der Waals surface area contributed by atoms with Crippen molar-refractivity contribution in [2.45, 2.75) is 13.1 Å². The Morgan fingerprint density at radius 3 is 2.62 bits per heavy atom. The summed E-state index contributed by atoms with van der Waals surface area (Å²) in [5.41, 5.74) is 7.28. The summed E-state index contributed by atoms with van der Waals surface area (Å²) in [5.74, 6) is 0.0176. The lowest BCUT2D eigenvalue weighted by Gasteiger charge is -2.22. The molecule has 2 rings (SSSR count). The van der Waals surface area contributed by atoms with Crippen molar-refractivity contribution in [3.8, 4) is 0 Å². The van der Waals surface area contributed by atoms with E-state index in [2.05, 4.69) is 0 Å². The molecule has 0 saturated carbocycles.